The smallest absolute Gasteiger partial charge is 0.332 e. The highest BCUT2D eigenvalue weighted by Crippen LogP contribution is 2.16. The van der Waals surface area contributed by atoms with Gasteiger partial charge in [0.05, 0.1) is 12.5 Å². The number of aryl methyl sites for hydroxylation is 2. The van der Waals surface area contributed by atoms with E-state index < -0.39 is 11.2 Å². The van der Waals surface area contributed by atoms with Crippen LogP contribution in [-0.4, -0.2) is 25.2 Å². The number of nitrogens with one attached hydrogen (secondary N) is 1. The Kier molecular flexibility index (Phi) is 4.35. The average molecular weight is 304 g/mol. The van der Waals surface area contributed by atoms with E-state index in [-0.39, 0.29) is 6.42 Å². The lowest BCUT2D eigenvalue weighted by Gasteiger charge is -2.10. The lowest BCUT2D eigenvalue weighted by molar-refractivity contribution is 0.668. The van der Waals surface area contributed by atoms with Crippen LogP contribution in [-0.2, 0) is 20.6 Å². The first-order valence-electron chi connectivity index (χ1n) is 7.15. The molecule has 118 valence electrons. The van der Waals surface area contributed by atoms with Gasteiger partial charge in [0.15, 0.2) is 11.2 Å². The molecule has 0 amide bonds. The van der Waals surface area contributed by atoms with Gasteiger partial charge in [-0.25, -0.2) is 4.79 Å². The van der Waals surface area contributed by atoms with Crippen molar-refractivity contribution in [3.8, 4) is 6.07 Å². The van der Waals surface area contributed by atoms with Crippen molar-refractivity contribution in [1.29, 1.82) is 5.26 Å². The van der Waals surface area contributed by atoms with Crippen LogP contribution in [0, 0.1) is 17.2 Å². The number of aromatic nitrogens is 4. The molecular weight excluding hydrogens is 284 g/mol. The maximum Gasteiger partial charge on any atom is 0.332 e. The molecule has 0 unspecified atom stereocenters. The molecule has 0 aliphatic rings. The summed E-state index contributed by atoms with van der Waals surface area (Å²) in [5.74, 6) is 0.910. The van der Waals surface area contributed by atoms with E-state index in [1.54, 1.807) is 11.6 Å². The van der Waals surface area contributed by atoms with E-state index in [1.165, 1.54) is 11.6 Å². The van der Waals surface area contributed by atoms with E-state index in [0.717, 1.165) is 4.57 Å². The van der Waals surface area contributed by atoms with E-state index in [9.17, 15) is 9.59 Å². The van der Waals surface area contributed by atoms with Crippen molar-refractivity contribution in [1.82, 2.24) is 18.7 Å². The van der Waals surface area contributed by atoms with E-state index in [1.807, 2.05) is 0 Å². The first kappa shape index (κ1) is 15.8. The minimum absolute atomic E-state index is 0.258. The molecular formula is C14H20N6O2. The largest absolute Gasteiger partial charge is 0.355 e. The molecule has 0 aliphatic heterocycles. The second kappa shape index (κ2) is 6.05. The summed E-state index contributed by atoms with van der Waals surface area (Å²) in [6, 6.07) is 2.07. The Hall–Kier alpha value is -2.56. The minimum atomic E-state index is -0.419. The lowest BCUT2D eigenvalue weighted by Crippen LogP contribution is -2.37. The summed E-state index contributed by atoms with van der Waals surface area (Å²) < 4.78 is 4.09. The molecule has 2 heterocycles. The first-order valence-corrected chi connectivity index (χ1v) is 7.15. The zero-order valence-corrected chi connectivity index (χ0v) is 13.3. The van der Waals surface area contributed by atoms with Crippen molar-refractivity contribution in [2.75, 3.05) is 11.9 Å². The van der Waals surface area contributed by atoms with Gasteiger partial charge in [0, 0.05) is 27.2 Å². The number of anilines is 1. The molecule has 0 bridgehead atoms. The summed E-state index contributed by atoms with van der Waals surface area (Å²) in [4.78, 5) is 28.8. The number of fused-ring (bicyclic) bond motifs is 1. The molecule has 1 N–H and O–H groups in total. The van der Waals surface area contributed by atoms with Crippen molar-refractivity contribution in [2.45, 2.75) is 26.8 Å². The number of nitriles is 1. The van der Waals surface area contributed by atoms with Crippen LogP contribution in [0.15, 0.2) is 9.59 Å². The molecule has 2 aromatic rings. The van der Waals surface area contributed by atoms with Crippen LogP contribution >= 0.6 is 0 Å². The van der Waals surface area contributed by atoms with Crippen LogP contribution in [0.1, 0.15) is 20.3 Å². The molecule has 0 saturated heterocycles. The lowest BCUT2D eigenvalue weighted by atomic mass is 10.2. The SMILES string of the molecule is CC(C)CNc1nc2c(c(=O)n(C)c(=O)n2C)n1CCC#N. The quantitative estimate of drug-likeness (QED) is 0.863. The second-order valence-corrected chi connectivity index (χ2v) is 5.65. The van der Waals surface area contributed by atoms with E-state index >= 15 is 0 Å². The molecule has 0 spiro atoms. The van der Waals surface area contributed by atoms with Crippen LogP contribution in [0.4, 0.5) is 5.95 Å². The van der Waals surface area contributed by atoms with Crippen LogP contribution in [0.5, 0.6) is 0 Å². The van der Waals surface area contributed by atoms with Gasteiger partial charge in [-0.1, -0.05) is 13.8 Å². The van der Waals surface area contributed by atoms with E-state index in [2.05, 4.69) is 30.2 Å². The highest BCUT2D eigenvalue weighted by atomic mass is 16.2. The van der Waals surface area contributed by atoms with Crippen LogP contribution < -0.4 is 16.6 Å². The summed E-state index contributed by atoms with van der Waals surface area (Å²) in [5, 5.41) is 12.0. The Balaban J connectivity index is 2.72. The fraction of sp³-hybridized carbons (Fsp3) is 0.571. The van der Waals surface area contributed by atoms with Crippen molar-refractivity contribution in [2.24, 2.45) is 20.0 Å². The summed E-state index contributed by atoms with van der Waals surface area (Å²) in [5.41, 5.74) is -0.151. The molecule has 22 heavy (non-hydrogen) atoms. The third-order valence-corrected chi connectivity index (χ3v) is 3.46. The number of nitrogens with zero attached hydrogens (tertiary/aromatic N) is 5. The summed E-state index contributed by atoms with van der Waals surface area (Å²) in [6.45, 7) is 5.15. The molecule has 0 fully saturated rings. The fourth-order valence-corrected chi connectivity index (χ4v) is 2.26. The highest BCUT2D eigenvalue weighted by Gasteiger charge is 2.18. The molecule has 2 aromatic heterocycles. The third kappa shape index (κ3) is 2.62. The van der Waals surface area contributed by atoms with Crippen LogP contribution in [0.25, 0.3) is 11.2 Å². The first-order chi connectivity index (χ1) is 10.4. The number of hydrogen-bond acceptors (Lipinski definition) is 5. The predicted molar refractivity (Wildman–Crippen MR) is 83.8 cm³/mol. The Morgan fingerprint density at radius 2 is 1.95 bits per heavy atom. The summed E-state index contributed by atoms with van der Waals surface area (Å²) >= 11 is 0. The topological polar surface area (TPSA) is 97.6 Å². The van der Waals surface area contributed by atoms with Crippen LogP contribution in [0.3, 0.4) is 0 Å². The molecule has 0 atom stereocenters. The van der Waals surface area contributed by atoms with Gasteiger partial charge in [-0.15, -0.1) is 0 Å². The molecule has 2 rings (SSSR count). The van der Waals surface area contributed by atoms with Gasteiger partial charge < -0.3 is 9.88 Å². The molecule has 0 radical (unpaired) electrons. The Bertz CT molecular complexity index is 849. The summed E-state index contributed by atoms with van der Waals surface area (Å²) in [7, 11) is 3.02. The normalized spacial score (nSPS) is 11.1. The van der Waals surface area contributed by atoms with Crippen LogP contribution in [0.2, 0.25) is 0 Å². The molecule has 0 aliphatic carbocycles. The maximum absolute atomic E-state index is 12.4. The zero-order valence-electron chi connectivity index (χ0n) is 13.3. The van der Waals surface area contributed by atoms with Gasteiger partial charge in [0.2, 0.25) is 5.95 Å². The van der Waals surface area contributed by atoms with Crippen molar-refractivity contribution in [3.05, 3.63) is 20.8 Å². The summed E-state index contributed by atoms with van der Waals surface area (Å²) in [6.07, 6.45) is 0.258. The second-order valence-electron chi connectivity index (χ2n) is 5.65. The average Bonchev–Trinajstić information content (AvgIpc) is 2.85. The predicted octanol–water partition coefficient (Wildman–Crippen LogP) is 0.415. The Morgan fingerprint density at radius 1 is 1.27 bits per heavy atom. The van der Waals surface area contributed by atoms with Gasteiger partial charge in [-0.05, 0) is 5.92 Å². The Labute approximate surface area is 127 Å². The minimum Gasteiger partial charge on any atom is -0.355 e. The van der Waals surface area contributed by atoms with Gasteiger partial charge in [-0.2, -0.15) is 10.2 Å². The molecule has 8 heteroatoms. The Morgan fingerprint density at radius 3 is 2.55 bits per heavy atom. The third-order valence-electron chi connectivity index (χ3n) is 3.46. The van der Waals surface area contributed by atoms with Gasteiger partial charge in [-0.3, -0.25) is 13.9 Å². The van der Waals surface area contributed by atoms with E-state index in [4.69, 9.17) is 5.26 Å². The number of rotatable bonds is 5. The molecule has 8 nitrogen and oxygen atoms in total. The van der Waals surface area contributed by atoms with Gasteiger partial charge in [0.1, 0.15) is 0 Å². The zero-order chi connectivity index (χ0) is 16.4. The van der Waals surface area contributed by atoms with Gasteiger partial charge in [0.25, 0.3) is 5.56 Å². The number of hydrogen-bond donors (Lipinski definition) is 1. The maximum atomic E-state index is 12.4. The highest BCUT2D eigenvalue weighted by molar-refractivity contribution is 5.74. The van der Waals surface area contributed by atoms with Crippen molar-refractivity contribution < 1.29 is 0 Å². The van der Waals surface area contributed by atoms with Crippen molar-refractivity contribution >= 4 is 17.1 Å². The standard InChI is InChI=1S/C14H20N6O2/c1-9(2)8-16-13-17-11-10(20(13)7-5-6-15)12(21)19(4)14(22)18(11)3/h9H,5,7-8H2,1-4H3,(H,16,17). The monoisotopic (exact) mass is 304 g/mol. The van der Waals surface area contributed by atoms with Gasteiger partial charge >= 0.3 is 5.69 Å². The van der Waals surface area contributed by atoms with E-state index in [0.29, 0.717) is 36.1 Å². The fourth-order valence-electron chi connectivity index (χ4n) is 2.26. The number of imidazole rings is 1. The van der Waals surface area contributed by atoms with Crippen molar-refractivity contribution in [3.63, 3.8) is 0 Å². The molecule has 0 saturated carbocycles. The molecule has 0 aromatic carbocycles.